The second-order valence-electron chi connectivity index (χ2n) is 6.78. The van der Waals surface area contributed by atoms with E-state index in [1.165, 1.54) is 0 Å². The molecule has 2 amide bonds. The lowest BCUT2D eigenvalue weighted by molar-refractivity contribution is -0.122. The van der Waals surface area contributed by atoms with Gasteiger partial charge in [-0.1, -0.05) is 11.6 Å². The highest BCUT2D eigenvalue weighted by atomic mass is 16.2. The zero-order valence-corrected chi connectivity index (χ0v) is 15.1. The maximum Gasteiger partial charge on any atom is 0.254 e. The molecule has 1 aliphatic rings. The van der Waals surface area contributed by atoms with Crippen LogP contribution in [0.25, 0.3) is 5.69 Å². The van der Waals surface area contributed by atoms with Crippen molar-refractivity contribution < 1.29 is 9.59 Å². The van der Waals surface area contributed by atoms with E-state index in [9.17, 15) is 9.59 Å². The van der Waals surface area contributed by atoms with Gasteiger partial charge in [0.15, 0.2) is 0 Å². The Morgan fingerprint density at radius 1 is 1.12 bits per heavy atom. The maximum atomic E-state index is 13.0. The van der Waals surface area contributed by atoms with Gasteiger partial charge in [0, 0.05) is 17.9 Å². The quantitative estimate of drug-likeness (QED) is 0.903. The summed E-state index contributed by atoms with van der Waals surface area (Å²) in [5, 5.41) is 5.79. The molecule has 25 heavy (non-hydrogen) atoms. The Hall–Kier alpha value is -2.56. The first-order chi connectivity index (χ1) is 12.0. The van der Waals surface area contributed by atoms with Crippen molar-refractivity contribution in [1.29, 1.82) is 0 Å². The van der Waals surface area contributed by atoms with Crippen LogP contribution in [-0.2, 0) is 4.79 Å². The van der Waals surface area contributed by atoms with Gasteiger partial charge in [0.05, 0.1) is 11.3 Å². The number of amides is 2. The molecule has 5 nitrogen and oxygen atoms in total. The molecule has 0 unspecified atom stereocenters. The number of hydrogen-bond donors (Lipinski definition) is 2. The molecule has 2 N–H and O–H groups in total. The molecule has 5 heteroatoms. The van der Waals surface area contributed by atoms with Crippen molar-refractivity contribution in [2.24, 2.45) is 0 Å². The van der Waals surface area contributed by atoms with E-state index in [-0.39, 0.29) is 11.8 Å². The number of nitrogens with zero attached hydrogens (tertiary/aromatic N) is 1. The van der Waals surface area contributed by atoms with Crippen LogP contribution in [0, 0.1) is 20.8 Å². The van der Waals surface area contributed by atoms with E-state index in [1.54, 1.807) is 0 Å². The zero-order valence-electron chi connectivity index (χ0n) is 15.1. The minimum absolute atomic E-state index is 0.0895. The lowest BCUT2D eigenvalue weighted by atomic mass is 10.1. The van der Waals surface area contributed by atoms with E-state index in [2.05, 4.69) is 15.2 Å². The normalized spacial score (nSPS) is 17.7. The summed E-state index contributed by atoms with van der Waals surface area (Å²) in [4.78, 5) is 25.1. The number of hydrogen-bond acceptors (Lipinski definition) is 2. The summed E-state index contributed by atoms with van der Waals surface area (Å²) >= 11 is 0. The molecule has 0 bridgehead atoms. The van der Waals surface area contributed by atoms with Gasteiger partial charge in [-0.3, -0.25) is 9.59 Å². The number of rotatable bonds is 3. The lowest BCUT2D eigenvalue weighted by Crippen LogP contribution is -2.45. The number of carbonyl (C=O) groups excluding carboxylic acids is 2. The molecule has 1 fully saturated rings. The van der Waals surface area contributed by atoms with E-state index < -0.39 is 6.04 Å². The molecule has 2 heterocycles. The Labute approximate surface area is 148 Å². The monoisotopic (exact) mass is 339 g/mol. The topological polar surface area (TPSA) is 63.1 Å². The molecule has 1 aliphatic heterocycles. The first kappa shape index (κ1) is 17.3. The maximum absolute atomic E-state index is 13.0. The Kier molecular flexibility index (Phi) is 4.93. The van der Waals surface area contributed by atoms with Gasteiger partial charge in [0.2, 0.25) is 5.91 Å². The van der Waals surface area contributed by atoms with Crippen molar-refractivity contribution in [1.82, 2.24) is 15.2 Å². The number of nitrogens with one attached hydrogen (secondary N) is 2. The molecule has 0 spiro atoms. The minimum atomic E-state index is -0.463. The molecule has 1 aromatic carbocycles. The fourth-order valence-electron chi connectivity index (χ4n) is 3.39. The predicted molar refractivity (Wildman–Crippen MR) is 98.1 cm³/mol. The molecule has 0 aliphatic carbocycles. The third kappa shape index (κ3) is 3.60. The highest BCUT2D eigenvalue weighted by molar-refractivity contribution is 6.00. The Morgan fingerprint density at radius 2 is 1.84 bits per heavy atom. The van der Waals surface area contributed by atoms with Crippen molar-refractivity contribution in [3.63, 3.8) is 0 Å². The summed E-state index contributed by atoms with van der Waals surface area (Å²) in [6.45, 7) is 6.69. The summed E-state index contributed by atoms with van der Waals surface area (Å²) < 4.78 is 2.07. The molecule has 3 rings (SSSR count). The van der Waals surface area contributed by atoms with Crippen LogP contribution in [0.4, 0.5) is 0 Å². The van der Waals surface area contributed by atoms with E-state index in [0.29, 0.717) is 18.5 Å². The Morgan fingerprint density at radius 3 is 2.56 bits per heavy atom. The number of benzene rings is 1. The summed E-state index contributed by atoms with van der Waals surface area (Å²) in [6, 6.07) is 9.47. The van der Waals surface area contributed by atoms with E-state index in [0.717, 1.165) is 35.5 Å². The molecule has 2 aromatic rings. The SMILES string of the molecule is Cc1ccc(-n2c(C)ccc2C)c(C(=O)N[C@@H]2CCCCNC2=O)c1. The summed E-state index contributed by atoms with van der Waals surface area (Å²) in [7, 11) is 0. The molecule has 0 radical (unpaired) electrons. The number of aromatic nitrogens is 1. The van der Waals surface area contributed by atoms with Gasteiger partial charge in [-0.05, 0) is 64.3 Å². The summed E-state index contributed by atoms with van der Waals surface area (Å²) in [5.41, 5.74) is 4.60. The third-order valence-corrected chi connectivity index (χ3v) is 4.75. The average Bonchev–Trinajstić information content (AvgIpc) is 2.78. The van der Waals surface area contributed by atoms with Crippen molar-refractivity contribution in [2.45, 2.75) is 46.1 Å². The molecule has 132 valence electrons. The van der Waals surface area contributed by atoms with Crippen LogP contribution in [0.5, 0.6) is 0 Å². The fourth-order valence-corrected chi connectivity index (χ4v) is 3.39. The molecule has 1 aromatic heterocycles. The van der Waals surface area contributed by atoms with Crippen LogP contribution in [0.1, 0.15) is 46.6 Å². The minimum Gasteiger partial charge on any atom is -0.354 e. The second kappa shape index (κ2) is 7.13. The van der Waals surface area contributed by atoms with Crippen LogP contribution in [0.2, 0.25) is 0 Å². The van der Waals surface area contributed by atoms with E-state index in [4.69, 9.17) is 0 Å². The van der Waals surface area contributed by atoms with Crippen molar-refractivity contribution >= 4 is 11.8 Å². The second-order valence-corrected chi connectivity index (χ2v) is 6.78. The molecule has 1 atom stereocenters. The van der Waals surface area contributed by atoms with Gasteiger partial charge in [-0.25, -0.2) is 0 Å². The molecule has 1 saturated heterocycles. The van der Waals surface area contributed by atoms with E-state index in [1.807, 2.05) is 51.1 Å². The van der Waals surface area contributed by atoms with Gasteiger partial charge in [-0.15, -0.1) is 0 Å². The van der Waals surface area contributed by atoms with Crippen LogP contribution >= 0.6 is 0 Å². The number of carbonyl (C=O) groups is 2. The van der Waals surface area contributed by atoms with Gasteiger partial charge in [-0.2, -0.15) is 0 Å². The Balaban J connectivity index is 1.94. The highest BCUT2D eigenvalue weighted by Crippen LogP contribution is 2.22. The average molecular weight is 339 g/mol. The molecular weight excluding hydrogens is 314 g/mol. The van der Waals surface area contributed by atoms with Gasteiger partial charge in [0.25, 0.3) is 5.91 Å². The van der Waals surface area contributed by atoms with Crippen LogP contribution in [0.15, 0.2) is 30.3 Å². The zero-order chi connectivity index (χ0) is 18.0. The van der Waals surface area contributed by atoms with Gasteiger partial charge < -0.3 is 15.2 Å². The first-order valence-electron chi connectivity index (χ1n) is 8.82. The van der Waals surface area contributed by atoms with Crippen LogP contribution < -0.4 is 10.6 Å². The van der Waals surface area contributed by atoms with Gasteiger partial charge in [0.1, 0.15) is 6.04 Å². The molecule has 0 saturated carbocycles. The largest absolute Gasteiger partial charge is 0.354 e. The highest BCUT2D eigenvalue weighted by Gasteiger charge is 2.24. The first-order valence-corrected chi connectivity index (χ1v) is 8.82. The van der Waals surface area contributed by atoms with Crippen LogP contribution in [-0.4, -0.2) is 29.0 Å². The van der Waals surface area contributed by atoms with Gasteiger partial charge >= 0.3 is 0 Å². The van der Waals surface area contributed by atoms with Crippen molar-refractivity contribution in [2.75, 3.05) is 6.54 Å². The standard InChI is InChI=1S/C20H25N3O2/c1-13-7-10-18(23-14(2)8-9-15(23)3)16(12-13)19(24)22-17-6-4-5-11-21-20(17)25/h7-10,12,17H,4-6,11H2,1-3H3,(H,21,25)(H,22,24)/t17-/m1/s1. The summed E-state index contributed by atoms with van der Waals surface area (Å²) in [5.74, 6) is -0.290. The third-order valence-electron chi connectivity index (χ3n) is 4.75. The van der Waals surface area contributed by atoms with E-state index >= 15 is 0 Å². The predicted octanol–water partition coefficient (Wildman–Crippen LogP) is 2.80. The van der Waals surface area contributed by atoms with Crippen molar-refractivity contribution in [3.05, 3.63) is 52.8 Å². The lowest BCUT2D eigenvalue weighted by Gasteiger charge is -2.19. The number of aryl methyl sites for hydroxylation is 3. The molecular formula is C20H25N3O2. The van der Waals surface area contributed by atoms with Crippen molar-refractivity contribution in [3.8, 4) is 5.69 Å². The summed E-state index contributed by atoms with van der Waals surface area (Å²) in [6.07, 6.45) is 2.57. The fraction of sp³-hybridized carbons (Fsp3) is 0.400. The van der Waals surface area contributed by atoms with Crippen LogP contribution in [0.3, 0.4) is 0 Å². The Bertz CT molecular complexity index is 788. The smallest absolute Gasteiger partial charge is 0.254 e.